The summed E-state index contributed by atoms with van der Waals surface area (Å²) in [6.07, 6.45) is 2.31. The Morgan fingerprint density at radius 1 is 1.35 bits per heavy atom. The summed E-state index contributed by atoms with van der Waals surface area (Å²) in [5.41, 5.74) is 6.49. The van der Waals surface area contributed by atoms with Gasteiger partial charge in [-0.05, 0) is 24.8 Å². The molecule has 1 aliphatic rings. The summed E-state index contributed by atoms with van der Waals surface area (Å²) in [4.78, 5) is 0. The Morgan fingerprint density at radius 3 is 2.71 bits per heavy atom. The van der Waals surface area contributed by atoms with Crippen LogP contribution in [0.3, 0.4) is 0 Å². The number of ether oxygens (including phenoxy) is 2. The first-order valence-electron chi connectivity index (χ1n) is 5.93. The maximum atomic E-state index is 7.60. The van der Waals surface area contributed by atoms with Crippen molar-refractivity contribution in [2.24, 2.45) is 5.73 Å². The Hall–Kier alpha value is -1.39. The normalized spacial score (nSPS) is 22.0. The summed E-state index contributed by atoms with van der Waals surface area (Å²) >= 11 is 0. The Kier molecular flexibility index (Phi) is 4.12. The lowest BCUT2D eigenvalue weighted by atomic mass is 10.1. The fraction of sp³-hybridized carbons (Fsp3) is 0.462. The Labute approximate surface area is 101 Å². The fourth-order valence-electron chi connectivity index (χ4n) is 1.93. The third-order valence-electron chi connectivity index (χ3n) is 2.81. The Balaban J connectivity index is 2.05. The summed E-state index contributed by atoms with van der Waals surface area (Å²) in [6, 6.07) is 9.58. The van der Waals surface area contributed by atoms with Gasteiger partial charge in [-0.15, -0.1) is 0 Å². The highest BCUT2D eigenvalue weighted by Gasteiger charge is 2.22. The van der Waals surface area contributed by atoms with Crippen molar-refractivity contribution in [2.45, 2.75) is 31.7 Å². The van der Waals surface area contributed by atoms with Gasteiger partial charge in [-0.25, -0.2) is 0 Å². The van der Waals surface area contributed by atoms with E-state index in [0.717, 1.165) is 31.4 Å². The van der Waals surface area contributed by atoms with Crippen LogP contribution < -0.4 is 5.73 Å². The second-order valence-corrected chi connectivity index (χ2v) is 4.18. The molecule has 1 saturated heterocycles. The van der Waals surface area contributed by atoms with Gasteiger partial charge in [-0.1, -0.05) is 30.3 Å². The molecule has 3 N–H and O–H groups in total. The molecule has 0 radical (unpaired) electrons. The molecular weight excluding hydrogens is 216 g/mol. The van der Waals surface area contributed by atoms with Gasteiger partial charge >= 0.3 is 0 Å². The molecular formula is C13H18N2O2. The predicted molar refractivity (Wildman–Crippen MR) is 65.8 cm³/mol. The van der Waals surface area contributed by atoms with Gasteiger partial charge in [0.1, 0.15) is 11.9 Å². The maximum absolute atomic E-state index is 7.60. The highest BCUT2D eigenvalue weighted by molar-refractivity contribution is 5.83. The van der Waals surface area contributed by atoms with Crippen molar-refractivity contribution in [3.05, 3.63) is 35.9 Å². The summed E-state index contributed by atoms with van der Waals surface area (Å²) in [7, 11) is 0. The highest BCUT2D eigenvalue weighted by atomic mass is 16.7. The van der Waals surface area contributed by atoms with Gasteiger partial charge in [0, 0.05) is 6.61 Å². The van der Waals surface area contributed by atoms with Crippen molar-refractivity contribution in [1.29, 1.82) is 5.41 Å². The van der Waals surface area contributed by atoms with E-state index in [1.54, 1.807) is 0 Å². The lowest BCUT2D eigenvalue weighted by Crippen LogP contribution is -2.30. The number of hydrogen-bond donors (Lipinski definition) is 2. The van der Waals surface area contributed by atoms with Crippen LogP contribution in [0, 0.1) is 5.41 Å². The van der Waals surface area contributed by atoms with Crippen molar-refractivity contribution < 1.29 is 9.47 Å². The van der Waals surface area contributed by atoms with E-state index in [9.17, 15) is 0 Å². The van der Waals surface area contributed by atoms with Crippen LogP contribution in [-0.4, -0.2) is 18.7 Å². The average Bonchev–Trinajstić information content (AvgIpc) is 2.38. The molecule has 0 amide bonds. The van der Waals surface area contributed by atoms with Gasteiger partial charge in [0.25, 0.3) is 0 Å². The van der Waals surface area contributed by atoms with Crippen LogP contribution in [0.4, 0.5) is 0 Å². The van der Waals surface area contributed by atoms with E-state index in [1.165, 1.54) is 0 Å². The molecule has 2 atom stereocenters. The first-order valence-corrected chi connectivity index (χ1v) is 5.93. The zero-order chi connectivity index (χ0) is 12.1. The molecule has 1 aliphatic heterocycles. The predicted octanol–water partition coefficient (Wildman–Crippen LogP) is 2.21. The van der Waals surface area contributed by atoms with Crippen LogP contribution >= 0.6 is 0 Å². The Morgan fingerprint density at radius 2 is 2.12 bits per heavy atom. The van der Waals surface area contributed by atoms with Crippen molar-refractivity contribution in [3.63, 3.8) is 0 Å². The van der Waals surface area contributed by atoms with Crippen molar-refractivity contribution in [3.8, 4) is 0 Å². The minimum atomic E-state index is -0.501. The first kappa shape index (κ1) is 12.1. The number of amidine groups is 1. The van der Waals surface area contributed by atoms with Crippen LogP contribution in [-0.2, 0) is 9.47 Å². The topological polar surface area (TPSA) is 68.3 Å². The van der Waals surface area contributed by atoms with E-state index in [0.29, 0.717) is 0 Å². The number of nitrogens with one attached hydrogen (secondary N) is 1. The van der Waals surface area contributed by atoms with Crippen LogP contribution in [0.5, 0.6) is 0 Å². The van der Waals surface area contributed by atoms with Gasteiger partial charge in [0.2, 0.25) is 0 Å². The largest absolute Gasteiger partial charge is 0.385 e. The van der Waals surface area contributed by atoms with Gasteiger partial charge in [-0.3, -0.25) is 5.41 Å². The molecule has 4 heteroatoms. The summed E-state index contributed by atoms with van der Waals surface area (Å²) in [5.74, 6) is 0.0189. The Bertz CT molecular complexity index is 361. The summed E-state index contributed by atoms with van der Waals surface area (Å²) in [5, 5.41) is 7.60. The molecule has 4 nitrogen and oxygen atoms in total. The molecule has 92 valence electrons. The molecule has 0 aliphatic carbocycles. The van der Waals surface area contributed by atoms with Crippen LogP contribution in [0.1, 0.15) is 30.9 Å². The molecule has 0 aromatic heterocycles. The minimum Gasteiger partial charge on any atom is -0.385 e. The summed E-state index contributed by atoms with van der Waals surface area (Å²) < 4.78 is 11.3. The standard InChI is InChI=1S/C13H18N2O2/c14-13(15)12(10-6-2-1-3-7-10)17-11-8-4-5-9-16-11/h1-3,6-7,11-12H,4-5,8-9H2,(H3,14,15)/t11-,12-/m0/s1. The van der Waals surface area contributed by atoms with E-state index in [1.807, 2.05) is 30.3 Å². The van der Waals surface area contributed by atoms with E-state index in [-0.39, 0.29) is 12.1 Å². The van der Waals surface area contributed by atoms with Crippen LogP contribution in [0.25, 0.3) is 0 Å². The van der Waals surface area contributed by atoms with Crippen LogP contribution in [0.15, 0.2) is 30.3 Å². The average molecular weight is 234 g/mol. The van der Waals surface area contributed by atoms with Crippen molar-refractivity contribution in [2.75, 3.05) is 6.61 Å². The molecule has 1 fully saturated rings. The van der Waals surface area contributed by atoms with E-state index in [4.69, 9.17) is 20.6 Å². The lowest BCUT2D eigenvalue weighted by Gasteiger charge is -2.27. The molecule has 1 aromatic carbocycles. The molecule has 1 aromatic rings. The van der Waals surface area contributed by atoms with E-state index in [2.05, 4.69) is 0 Å². The summed E-state index contributed by atoms with van der Waals surface area (Å²) in [6.45, 7) is 0.726. The van der Waals surface area contributed by atoms with E-state index < -0.39 is 6.10 Å². The van der Waals surface area contributed by atoms with Gasteiger partial charge in [-0.2, -0.15) is 0 Å². The minimum absolute atomic E-state index is 0.0189. The van der Waals surface area contributed by atoms with Crippen molar-refractivity contribution in [1.82, 2.24) is 0 Å². The van der Waals surface area contributed by atoms with E-state index >= 15 is 0 Å². The molecule has 1 heterocycles. The zero-order valence-corrected chi connectivity index (χ0v) is 9.76. The van der Waals surface area contributed by atoms with Gasteiger partial charge < -0.3 is 15.2 Å². The smallest absolute Gasteiger partial charge is 0.159 e. The van der Waals surface area contributed by atoms with Crippen LogP contribution in [0.2, 0.25) is 0 Å². The highest BCUT2D eigenvalue weighted by Crippen LogP contribution is 2.23. The monoisotopic (exact) mass is 234 g/mol. The second kappa shape index (κ2) is 5.80. The first-order chi connectivity index (χ1) is 8.27. The second-order valence-electron chi connectivity index (χ2n) is 4.18. The van der Waals surface area contributed by atoms with Gasteiger partial charge in [0.05, 0.1) is 0 Å². The molecule has 2 rings (SSSR count). The molecule has 0 unspecified atom stereocenters. The third-order valence-corrected chi connectivity index (χ3v) is 2.81. The van der Waals surface area contributed by atoms with Crippen molar-refractivity contribution >= 4 is 5.84 Å². The maximum Gasteiger partial charge on any atom is 0.159 e. The number of benzene rings is 1. The van der Waals surface area contributed by atoms with Gasteiger partial charge in [0.15, 0.2) is 6.29 Å². The number of hydrogen-bond acceptors (Lipinski definition) is 3. The molecule has 0 bridgehead atoms. The SMILES string of the molecule is N=C(N)[C@@H](O[C@H]1CCCCO1)c1ccccc1. The lowest BCUT2D eigenvalue weighted by molar-refractivity contribution is -0.176. The third kappa shape index (κ3) is 3.28. The fourth-order valence-corrected chi connectivity index (χ4v) is 1.93. The number of nitrogens with two attached hydrogens (primary N) is 1. The molecule has 0 saturated carbocycles. The zero-order valence-electron chi connectivity index (χ0n) is 9.76. The quantitative estimate of drug-likeness (QED) is 0.620. The molecule has 17 heavy (non-hydrogen) atoms. The molecule has 0 spiro atoms. The number of rotatable bonds is 4.